The van der Waals surface area contributed by atoms with Crippen molar-refractivity contribution in [3.63, 3.8) is 0 Å². The highest BCUT2D eigenvalue weighted by molar-refractivity contribution is 8.14. The van der Waals surface area contributed by atoms with E-state index in [-0.39, 0.29) is 23.2 Å². The summed E-state index contributed by atoms with van der Waals surface area (Å²) in [6, 6.07) is 27.1. The van der Waals surface area contributed by atoms with Gasteiger partial charge >= 0.3 is 5.97 Å². The number of carbonyl (C=O) groups is 3. The molecule has 0 bridgehead atoms. The van der Waals surface area contributed by atoms with Gasteiger partial charge in [-0.05, 0) is 37.1 Å². The van der Waals surface area contributed by atoms with Crippen molar-refractivity contribution in [3.05, 3.63) is 108 Å². The Kier molecular flexibility index (Phi) is 9.33. The van der Waals surface area contributed by atoms with Crippen molar-refractivity contribution in [2.75, 3.05) is 17.8 Å². The zero-order valence-electron chi connectivity index (χ0n) is 22.1. The zero-order chi connectivity index (χ0) is 27.8. The highest BCUT2D eigenvalue weighted by atomic mass is 32.2. The van der Waals surface area contributed by atoms with Crippen LogP contribution in [0.25, 0.3) is 11.1 Å². The number of carbonyl (C=O) groups excluding carboxylic acids is 3. The molecule has 0 spiro atoms. The number of aryl methyl sites for hydroxylation is 1. The van der Waals surface area contributed by atoms with E-state index >= 15 is 0 Å². The maximum absolute atomic E-state index is 14.2. The van der Waals surface area contributed by atoms with Gasteiger partial charge in [0, 0.05) is 29.5 Å². The van der Waals surface area contributed by atoms with Gasteiger partial charge in [0.05, 0.1) is 18.7 Å². The van der Waals surface area contributed by atoms with E-state index in [4.69, 9.17) is 9.26 Å². The summed E-state index contributed by atoms with van der Waals surface area (Å²) in [6.45, 7) is 3.43. The molecule has 0 aliphatic heterocycles. The number of amides is 1. The summed E-state index contributed by atoms with van der Waals surface area (Å²) in [6.07, 6.45) is 0.223. The van der Waals surface area contributed by atoms with Crippen LogP contribution in [0.1, 0.15) is 28.7 Å². The van der Waals surface area contributed by atoms with Crippen LogP contribution in [0, 0.1) is 12.8 Å². The third kappa shape index (κ3) is 7.03. The third-order valence-corrected chi connectivity index (χ3v) is 7.39. The molecule has 0 saturated carbocycles. The standard InChI is InChI=1S/C31H30N2O5S/c1-21-18-28(38-32-21)19-26(20-39-31(36)25-12-8-5-9-13-25)29(34)33(22(2)30(35)37-3)27-16-14-24(15-17-27)23-10-6-4-7-11-23/h4-18,22,26H,19-20H2,1-3H3/t22-,26?/m0/s1. The summed E-state index contributed by atoms with van der Waals surface area (Å²) in [4.78, 5) is 41.1. The first-order valence-corrected chi connectivity index (χ1v) is 13.6. The Bertz CT molecular complexity index is 1400. The Hall–Kier alpha value is -4.17. The minimum absolute atomic E-state index is 0.137. The summed E-state index contributed by atoms with van der Waals surface area (Å²) in [5.74, 6) is -0.807. The monoisotopic (exact) mass is 542 g/mol. The van der Waals surface area contributed by atoms with Crippen molar-refractivity contribution in [1.29, 1.82) is 0 Å². The SMILES string of the molecule is COC(=O)[C@H](C)N(C(=O)C(CSC(=O)c1ccccc1)Cc1cc(C)no1)c1ccc(-c2ccccc2)cc1. The fourth-order valence-corrected chi connectivity index (χ4v) is 5.18. The smallest absolute Gasteiger partial charge is 0.328 e. The quantitative estimate of drug-likeness (QED) is 0.228. The number of hydrogen-bond acceptors (Lipinski definition) is 7. The highest BCUT2D eigenvalue weighted by Crippen LogP contribution is 2.28. The van der Waals surface area contributed by atoms with Crippen LogP contribution in [-0.2, 0) is 20.7 Å². The predicted molar refractivity (Wildman–Crippen MR) is 153 cm³/mol. The largest absolute Gasteiger partial charge is 0.467 e. The van der Waals surface area contributed by atoms with Gasteiger partial charge in [-0.15, -0.1) is 0 Å². The maximum atomic E-state index is 14.2. The molecule has 0 radical (unpaired) electrons. The van der Waals surface area contributed by atoms with Crippen molar-refractivity contribution in [2.45, 2.75) is 26.3 Å². The second-order valence-electron chi connectivity index (χ2n) is 9.12. The molecule has 0 aliphatic carbocycles. The lowest BCUT2D eigenvalue weighted by Crippen LogP contribution is -2.47. The van der Waals surface area contributed by atoms with Gasteiger partial charge in [0.15, 0.2) is 0 Å². The number of aromatic nitrogens is 1. The minimum Gasteiger partial charge on any atom is -0.467 e. The Labute approximate surface area is 232 Å². The summed E-state index contributed by atoms with van der Waals surface area (Å²) >= 11 is 1.07. The molecule has 8 heteroatoms. The highest BCUT2D eigenvalue weighted by Gasteiger charge is 2.34. The lowest BCUT2D eigenvalue weighted by molar-refractivity contribution is -0.143. The van der Waals surface area contributed by atoms with E-state index in [1.165, 1.54) is 12.0 Å². The van der Waals surface area contributed by atoms with E-state index in [2.05, 4.69) is 5.16 Å². The molecular formula is C31H30N2O5S. The van der Waals surface area contributed by atoms with Crippen LogP contribution < -0.4 is 4.90 Å². The molecule has 3 aromatic carbocycles. The number of esters is 1. The van der Waals surface area contributed by atoms with Gasteiger partial charge in [0.2, 0.25) is 11.0 Å². The third-order valence-electron chi connectivity index (χ3n) is 6.32. The number of anilines is 1. The van der Waals surface area contributed by atoms with Gasteiger partial charge in [-0.25, -0.2) is 4.79 Å². The normalized spacial score (nSPS) is 12.4. The van der Waals surface area contributed by atoms with Crippen LogP contribution in [0.3, 0.4) is 0 Å². The molecule has 1 amide bonds. The number of methoxy groups -OCH3 is 1. The van der Waals surface area contributed by atoms with Crippen LogP contribution in [0.15, 0.2) is 95.5 Å². The van der Waals surface area contributed by atoms with Crippen molar-refractivity contribution in [3.8, 4) is 11.1 Å². The number of benzene rings is 3. The summed E-state index contributed by atoms with van der Waals surface area (Å²) < 4.78 is 10.4. The predicted octanol–water partition coefficient (Wildman–Crippen LogP) is 5.98. The molecule has 4 aromatic rings. The first-order valence-electron chi connectivity index (χ1n) is 12.6. The molecule has 0 N–H and O–H groups in total. The number of hydrogen-bond donors (Lipinski definition) is 0. The van der Waals surface area contributed by atoms with E-state index in [1.807, 2.05) is 60.7 Å². The molecule has 7 nitrogen and oxygen atoms in total. The van der Waals surface area contributed by atoms with Crippen molar-refractivity contribution in [1.82, 2.24) is 5.16 Å². The lowest BCUT2D eigenvalue weighted by atomic mass is 10.0. The molecule has 0 fully saturated rings. The average Bonchev–Trinajstić information content (AvgIpc) is 3.40. The Balaban J connectivity index is 1.64. The van der Waals surface area contributed by atoms with E-state index in [0.29, 0.717) is 22.7 Å². The fraction of sp³-hybridized carbons (Fsp3) is 0.226. The molecule has 200 valence electrons. The number of ether oxygens (including phenoxy) is 1. The molecule has 1 unspecified atom stereocenters. The van der Waals surface area contributed by atoms with Crippen LogP contribution in [0.4, 0.5) is 5.69 Å². The number of nitrogens with zero attached hydrogens (tertiary/aromatic N) is 2. The summed E-state index contributed by atoms with van der Waals surface area (Å²) in [7, 11) is 1.29. The first kappa shape index (κ1) is 27.9. The van der Waals surface area contributed by atoms with Gasteiger partial charge in [-0.2, -0.15) is 0 Å². The molecule has 1 heterocycles. The van der Waals surface area contributed by atoms with Gasteiger partial charge in [-0.3, -0.25) is 14.5 Å². The topological polar surface area (TPSA) is 89.7 Å². The van der Waals surface area contributed by atoms with Crippen molar-refractivity contribution in [2.24, 2.45) is 5.92 Å². The maximum Gasteiger partial charge on any atom is 0.328 e. The molecule has 39 heavy (non-hydrogen) atoms. The summed E-state index contributed by atoms with van der Waals surface area (Å²) in [5.41, 5.74) is 3.82. The zero-order valence-corrected chi connectivity index (χ0v) is 22.9. The number of rotatable bonds is 10. The first-order chi connectivity index (χ1) is 18.9. The summed E-state index contributed by atoms with van der Waals surface area (Å²) in [5, 5.41) is 3.81. The van der Waals surface area contributed by atoms with E-state index in [0.717, 1.165) is 22.9 Å². The van der Waals surface area contributed by atoms with E-state index < -0.39 is 17.9 Å². The molecule has 0 saturated heterocycles. The van der Waals surface area contributed by atoms with Gasteiger partial charge in [-0.1, -0.05) is 89.7 Å². The van der Waals surface area contributed by atoms with Crippen LogP contribution in [-0.4, -0.2) is 41.1 Å². The molecule has 4 rings (SSSR count). The van der Waals surface area contributed by atoms with Gasteiger partial charge in [0.25, 0.3) is 0 Å². The van der Waals surface area contributed by atoms with Gasteiger partial charge < -0.3 is 9.26 Å². The minimum atomic E-state index is -0.890. The van der Waals surface area contributed by atoms with E-state index in [1.54, 1.807) is 44.2 Å². The van der Waals surface area contributed by atoms with Crippen molar-refractivity contribution >= 4 is 34.4 Å². The van der Waals surface area contributed by atoms with Crippen molar-refractivity contribution < 1.29 is 23.6 Å². The lowest BCUT2D eigenvalue weighted by Gasteiger charge is -2.31. The Morgan fingerprint density at radius 3 is 2.13 bits per heavy atom. The van der Waals surface area contributed by atoms with E-state index in [9.17, 15) is 14.4 Å². The van der Waals surface area contributed by atoms with Crippen LogP contribution in [0.2, 0.25) is 0 Å². The Morgan fingerprint density at radius 1 is 0.923 bits per heavy atom. The molecule has 1 aromatic heterocycles. The molecule has 2 atom stereocenters. The van der Waals surface area contributed by atoms with Crippen LogP contribution in [0.5, 0.6) is 0 Å². The second-order valence-corrected chi connectivity index (χ2v) is 10.1. The number of thioether (sulfide) groups is 1. The second kappa shape index (κ2) is 13.1. The average molecular weight is 543 g/mol. The van der Waals surface area contributed by atoms with Crippen LogP contribution >= 0.6 is 11.8 Å². The Morgan fingerprint density at radius 2 is 1.54 bits per heavy atom. The molecule has 0 aliphatic rings. The van der Waals surface area contributed by atoms with Gasteiger partial charge in [0.1, 0.15) is 11.8 Å². The fourth-order valence-electron chi connectivity index (χ4n) is 4.27. The molecular weight excluding hydrogens is 512 g/mol.